The number of carbonyl (C=O) groups excluding carboxylic acids is 1. The van der Waals surface area contributed by atoms with E-state index in [0.717, 1.165) is 7.11 Å². The van der Waals surface area contributed by atoms with Crippen LogP contribution in [-0.2, 0) is 16.4 Å². The Bertz CT molecular complexity index is 1420. The summed E-state index contributed by atoms with van der Waals surface area (Å²) in [6.45, 7) is 0.135. The predicted octanol–water partition coefficient (Wildman–Crippen LogP) is 2.78. The molecule has 11 heteroatoms. The van der Waals surface area contributed by atoms with Crippen molar-refractivity contribution in [2.45, 2.75) is 16.3 Å². The zero-order chi connectivity index (χ0) is 22.9. The first kappa shape index (κ1) is 21.4. The summed E-state index contributed by atoms with van der Waals surface area (Å²) in [6.07, 6.45) is 6.23. The van der Waals surface area contributed by atoms with Gasteiger partial charge in [-0.2, -0.15) is 0 Å². The molecule has 0 atom stereocenters. The zero-order valence-electron chi connectivity index (χ0n) is 16.6. The van der Waals surface area contributed by atoms with Crippen LogP contribution in [0, 0.1) is 11.6 Å². The van der Waals surface area contributed by atoms with Gasteiger partial charge in [0.15, 0.2) is 11.6 Å². The Morgan fingerprint density at radius 3 is 2.56 bits per heavy atom. The molecule has 32 heavy (non-hydrogen) atoms. The number of sulfone groups is 1. The van der Waals surface area contributed by atoms with E-state index in [1.54, 1.807) is 23.0 Å². The lowest BCUT2D eigenvalue weighted by Crippen LogP contribution is -2.23. The van der Waals surface area contributed by atoms with Crippen LogP contribution >= 0.6 is 0 Å². The summed E-state index contributed by atoms with van der Waals surface area (Å²) in [7, 11) is -3.00. The van der Waals surface area contributed by atoms with E-state index in [-0.39, 0.29) is 23.1 Å². The van der Waals surface area contributed by atoms with E-state index in [2.05, 4.69) is 15.3 Å². The number of hydrogen-bond acceptors (Lipinski definition) is 6. The number of hydrogen-bond donors (Lipinski definition) is 1. The minimum atomic E-state index is -4.16. The van der Waals surface area contributed by atoms with Gasteiger partial charge in [0, 0.05) is 37.4 Å². The second-order valence-electron chi connectivity index (χ2n) is 6.72. The van der Waals surface area contributed by atoms with Crippen LogP contribution in [0.3, 0.4) is 0 Å². The normalized spacial score (nSPS) is 11.5. The van der Waals surface area contributed by atoms with Crippen LogP contribution in [0.2, 0.25) is 0 Å². The van der Waals surface area contributed by atoms with Gasteiger partial charge in [-0.15, -0.1) is 0 Å². The van der Waals surface area contributed by atoms with Crippen molar-refractivity contribution in [1.29, 1.82) is 0 Å². The Hall–Kier alpha value is -3.86. The molecule has 0 unspecified atom stereocenters. The third-order valence-corrected chi connectivity index (χ3v) is 6.48. The van der Waals surface area contributed by atoms with Crippen molar-refractivity contribution in [2.75, 3.05) is 7.11 Å². The van der Waals surface area contributed by atoms with E-state index >= 15 is 0 Å². The van der Waals surface area contributed by atoms with Crippen molar-refractivity contribution in [3.63, 3.8) is 0 Å². The highest BCUT2D eigenvalue weighted by Crippen LogP contribution is 2.31. The van der Waals surface area contributed by atoms with Crippen molar-refractivity contribution in [2.24, 2.45) is 0 Å². The summed E-state index contributed by atoms with van der Waals surface area (Å²) >= 11 is 0. The SMILES string of the molecule is COc1cc(F)c(F)cc1S(=O)(=O)c1ccc(CNC(=O)c2cnc3nccn3c2)cc1. The molecular weight excluding hydrogens is 442 g/mol. The highest BCUT2D eigenvalue weighted by atomic mass is 32.2. The highest BCUT2D eigenvalue weighted by molar-refractivity contribution is 7.91. The second kappa shape index (κ2) is 8.35. The number of ether oxygens (including phenoxy) is 1. The molecule has 0 bridgehead atoms. The average molecular weight is 458 g/mol. The lowest BCUT2D eigenvalue weighted by molar-refractivity contribution is 0.0950. The van der Waals surface area contributed by atoms with E-state index in [4.69, 9.17) is 4.74 Å². The van der Waals surface area contributed by atoms with Gasteiger partial charge in [0.05, 0.1) is 17.6 Å². The number of halogens is 2. The lowest BCUT2D eigenvalue weighted by Gasteiger charge is -2.11. The maximum Gasteiger partial charge on any atom is 0.254 e. The fraction of sp³-hybridized carbons (Fsp3) is 0.0952. The molecule has 1 N–H and O–H groups in total. The topological polar surface area (TPSA) is 103 Å². The number of nitrogens with zero attached hydrogens (tertiary/aromatic N) is 3. The quantitative estimate of drug-likeness (QED) is 0.446. The molecule has 0 spiro atoms. The van der Waals surface area contributed by atoms with Gasteiger partial charge in [-0.25, -0.2) is 27.2 Å². The Morgan fingerprint density at radius 1 is 1.12 bits per heavy atom. The predicted molar refractivity (Wildman–Crippen MR) is 109 cm³/mol. The molecule has 2 heterocycles. The summed E-state index contributed by atoms with van der Waals surface area (Å²) < 4.78 is 59.3. The van der Waals surface area contributed by atoms with Crippen LogP contribution in [0.5, 0.6) is 5.75 Å². The van der Waals surface area contributed by atoms with Crippen molar-refractivity contribution < 1.29 is 26.7 Å². The molecule has 0 saturated heterocycles. The molecule has 4 rings (SSSR count). The number of amides is 1. The van der Waals surface area contributed by atoms with Crippen LogP contribution in [0.4, 0.5) is 8.78 Å². The van der Waals surface area contributed by atoms with E-state index in [0.29, 0.717) is 29.0 Å². The average Bonchev–Trinajstić information content (AvgIpc) is 3.27. The summed E-state index contributed by atoms with van der Waals surface area (Å²) in [5.74, 6) is -2.71. The molecule has 0 aliphatic carbocycles. The first-order valence-corrected chi connectivity index (χ1v) is 10.7. The molecule has 0 aliphatic heterocycles. The van der Waals surface area contributed by atoms with E-state index in [1.807, 2.05) is 0 Å². The first-order valence-electron chi connectivity index (χ1n) is 9.23. The summed E-state index contributed by atoms with van der Waals surface area (Å²) in [6, 6.07) is 6.92. The molecule has 8 nitrogen and oxygen atoms in total. The largest absolute Gasteiger partial charge is 0.495 e. The van der Waals surface area contributed by atoms with Gasteiger partial charge >= 0.3 is 0 Å². The van der Waals surface area contributed by atoms with Gasteiger partial charge in [0.2, 0.25) is 15.6 Å². The van der Waals surface area contributed by atoms with Gasteiger partial charge in [-0.05, 0) is 23.8 Å². The molecule has 0 saturated carbocycles. The van der Waals surface area contributed by atoms with Crippen molar-refractivity contribution in [3.05, 3.63) is 83.9 Å². The smallest absolute Gasteiger partial charge is 0.254 e. The van der Waals surface area contributed by atoms with Crippen molar-refractivity contribution >= 4 is 21.5 Å². The monoisotopic (exact) mass is 458 g/mol. The van der Waals surface area contributed by atoms with Crippen molar-refractivity contribution in [1.82, 2.24) is 19.7 Å². The number of benzene rings is 2. The van der Waals surface area contributed by atoms with E-state index in [9.17, 15) is 22.0 Å². The van der Waals surface area contributed by atoms with Crippen molar-refractivity contribution in [3.8, 4) is 5.75 Å². The molecule has 2 aromatic carbocycles. The molecule has 164 valence electrons. The maximum absolute atomic E-state index is 13.6. The molecule has 1 amide bonds. The zero-order valence-corrected chi connectivity index (χ0v) is 17.4. The molecule has 4 aromatic rings. The van der Waals surface area contributed by atoms with Crippen LogP contribution < -0.4 is 10.1 Å². The Balaban J connectivity index is 1.50. The molecule has 0 aliphatic rings. The number of fused-ring (bicyclic) bond motifs is 1. The number of aromatic nitrogens is 3. The number of carbonyl (C=O) groups is 1. The highest BCUT2D eigenvalue weighted by Gasteiger charge is 2.24. The van der Waals surface area contributed by atoms with E-state index in [1.165, 1.54) is 30.5 Å². The van der Waals surface area contributed by atoms with E-state index < -0.39 is 26.4 Å². The molecule has 0 fully saturated rings. The third kappa shape index (κ3) is 4.02. The standard InChI is InChI=1S/C21H16F2N4O4S/c1-31-18-8-16(22)17(23)9-19(18)32(29,30)15-4-2-13(3-5-15)10-25-20(28)14-11-26-21-24-6-7-27(21)12-14/h2-9,11-12H,10H2,1H3,(H,25,28). The van der Waals surface area contributed by atoms with Crippen LogP contribution in [0.1, 0.15) is 15.9 Å². The third-order valence-electron chi connectivity index (χ3n) is 4.69. The van der Waals surface area contributed by atoms with Gasteiger partial charge in [0.25, 0.3) is 5.91 Å². The second-order valence-corrected chi connectivity index (χ2v) is 8.64. The molecule has 0 radical (unpaired) electrons. The Kier molecular flexibility index (Phi) is 5.57. The Labute approximate surface area is 181 Å². The fourth-order valence-corrected chi connectivity index (χ4v) is 4.43. The summed E-state index contributed by atoms with van der Waals surface area (Å²) in [4.78, 5) is 19.8. The van der Waals surface area contributed by atoms with Crippen LogP contribution in [0.25, 0.3) is 5.78 Å². The number of nitrogens with one attached hydrogen (secondary N) is 1. The maximum atomic E-state index is 13.6. The first-order chi connectivity index (χ1) is 15.3. The minimum Gasteiger partial charge on any atom is -0.495 e. The number of rotatable bonds is 6. The fourth-order valence-electron chi connectivity index (χ4n) is 3.01. The van der Waals surface area contributed by atoms with Gasteiger partial charge in [0.1, 0.15) is 10.6 Å². The summed E-state index contributed by atoms with van der Waals surface area (Å²) in [5, 5.41) is 2.72. The summed E-state index contributed by atoms with van der Waals surface area (Å²) in [5.41, 5.74) is 0.964. The molecular formula is C21H16F2N4O4S. The number of imidazole rings is 1. The minimum absolute atomic E-state index is 0.133. The lowest BCUT2D eigenvalue weighted by atomic mass is 10.2. The Morgan fingerprint density at radius 2 is 1.84 bits per heavy atom. The van der Waals surface area contributed by atoms with Gasteiger partial charge < -0.3 is 10.1 Å². The molecule has 2 aromatic heterocycles. The van der Waals surface area contributed by atoms with Crippen LogP contribution in [-0.4, -0.2) is 35.8 Å². The van der Waals surface area contributed by atoms with Gasteiger partial charge in [-0.1, -0.05) is 12.1 Å². The van der Waals surface area contributed by atoms with Gasteiger partial charge in [-0.3, -0.25) is 9.20 Å². The number of methoxy groups -OCH3 is 1. The van der Waals surface area contributed by atoms with Crippen LogP contribution in [0.15, 0.2) is 71.0 Å².